The van der Waals surface area contributed by atoms with E-state index in [9.17, 15) is 9.90 Å². The molecular weight excluding hydrogens is 552 g/mol. The van der Waals surface area contributed by atoms with Gasteiger partial charge < -0.3 is 9.84 Å². The lowest BCUT2D eigenvalue weighted by molar-refractivity contribution is -0.0594. The van der Waals surface area contributed by atoms with Gasteiger partial charge in [-0.15, -0.1) is 0 Å². The molecule has 5 rings (SSSR count). The molecule has 0 heterocycles. The van der Waals surface area contributed by atoms with Crippen molar-refractivity contribution in [2.45, 2.75) is 150 Å². The van der Waals surface area contributed by atoms with Crippen LogP contribution >= 0.6 is 0 Å². The lowest BCUT2D eigenvalue weighted by atomic mass is 9.47. The van der Waals surface area contributed by atoms with E-state index in [0.29, 0.717) is 16.5 Å². The van der Waals surface area contributed by atoms with Gasteiger partial charge in [-0.05, 0) is 122 Å². The molecule has 1 N–H and O–H groups in total. The van der Waals surface area contributed by atoms with Crippen molar-refractivity contribution in [3.8, 4) is 11.8 Å². The zero-order chi connectivity index (χ0) is 32.4. The summed E-state index contributed by atoms with van der Waals surface area (Å²) in [5.41, 5.74) is 2.34. The van der Waals surface area contributed by atoms with Gasteiger partial charge in [0.2, 0.25) is 0 Å². The van der Waals surface area contributed by atoms with Crippen LogP contribution in [-0.4, -0.2) is 17.2 Å². The predicted molar refractivity (Wildman–Crippen MR) is 186 cm³/mol. The fourth-order valence-electron chi connectivity index (χ4n) is 10.5. The Morgan fingerprint density at radius 1 is 1.02 bits per heavy atom. The van der Waals surface area contributed by atoms with Crippen LogP contribution in [0.4, 0.5) is 0 Å². The summed E-state index contributed by atoms with van der Waals surface area (Å²) in [7, 11) is 0. The summed E-state index contributed by atoms with van der Waals surface area (Å²) in [6.45, 7) is 16.4. The molecule has 1 unspecified atom stereocenters. The second-order valence-corrected chi connectivity index (χ2v) is 16.6. The molecule has 0 radical (unpaired) electrons. The van der Waals surface area contributed by atoms with Crippen LogP contribution in [0.3, 0.4) is 0 Å². The molecule has 0 saturated heterocycles. The van der Waals surface area contributed by atoms with Gasteiger partial charge in [-0.25, -0.2) is 4.79 Å². The Hall–Kier alpha value is -2.05. The lowest BCUT2D eigenvalue weighted by Gasteiger charge is -2.58. The smallest absolute Gasteiger partial charge is 0.338 e. The van der Waals surface area contributed by atoms with Crippen molar-refractivity contribution in [1.82, 2.24) is 0 Å². The first kappa shape index (κ1) is 34.3. The molecule has 1 aromatic carbocycles. The summed E-state index contributed by atoms with van der Waals surface area (Å²) in [6, 6.07) is 7.17. The first-order chi connectivity index (χ1) is 21.4. The Kier molecular flexibility index (Phi) is 10.6. The summed E-state index contributed by atoms with van der Waals surface area (Å²) in [5.74, 6) is 10.8. The molecule has 4 aliphatic rings. The highest BCUT2D eigenvalue weighted by molar-refractivity contribution is 5.89. The molecular formula is C42H62O3. The number of rotatable bonds is 10. The van der Waals surface area contributed by atoms with Crippen molar-refractivity contribution < 1.29 is 14.6 Å². The second-order valence-electron chi connectivity index (χ2n) is 16.6. The average molecular weight is 615 g/mol. The topological polar surface area (TPSA) is 46.5 Å². The minimum absolute atomic E-state index is 0.0583. The van der Waals surface area contributed by atoms with Gasteiger partial charge in [-0.1, -0.05) is 103 Å². The third-order valence-electron chi connectivity index (χ3n) is 13.2. The Balaban J connectivity index is 1.20. The average Bonchev–Trinajstić information content (AvgIpc) is 3.36. The van der Waals surface area contributed by atoms with Crippen molar-refractivity contribution in [3.63, 3.8) is 0 Å². The molecule has 45 heavy (non-hydrogen) atoms. The highest BCUT2D eigenvalue weighted by Crippen LogP contribution is 2.67. The minimum atomic E-state index is -1.23. The standard InChI is InChI=1S/C42H62O3/c1-8-9-10-11-25-42(7,44)32-17-15-31(16-18-32)39(43)45-34-23-26-40(5)33(28-34)19-20-35-37-22-21-36(30(4)14-12-13-29(2)3)41(37,6)27-24-38(35)40/h15-19,29-30,34-38,44H,8-10,12-14,20-24,26-28H2,1-7H3/t30-,34+,35+,36-,37+,38+,40+,41-,42?/m1/s1. The van der Waals surface area contributed by atoms with E-state index in [4.69, 9.17) is 4.74 Å². The summed E-state index contributed by atoms with van der Waals surface area (Å²) < 4.78 is 6.13. The van der Waals surface area contributed by atoms with Gasteiger partial charge in [0, 0.05) is 12.8 Å². The highest BCUT2D eigenvalue weighted by atomic mass is 16.5. The summed E-state index contributed by atoms with van der Waals surface area (Å²) in [6.07, 6.45) is 19.4. The van der Waals surface area contributed by atoms with E-state index in [1.807, 2.05) is 12.1 Å². The van der Waals surface area contributed by atoms with E-state index in [0.717, 1.165) is 74.0 Å². The fraction of sp³-hybridized carbons (Fsp3) is 0.738. The van der Waals surface area contributed by atoms with E-state index >= 15 is 0 Å². The monoisotopic (exact) mass is 614 g/mol. The lowest BCUT2D eigenvalue weighted by Crippen LogP contribution is -2.51. The van der Waals surface area contributed by atoms with Gasteiger partial charge in [0.25, 0.3) is 0 Å². The predicted octanol–water partition coefficient (Wildman–Crippen LogP) is 10.7. The molecule has 3 fully saturated rings. The van der Waals surface area contributed by atoms with E-state index < -0.39 is 5.60 Å². The molecule has 3 saturated carbocycles. The first-order valence-electron chi connectivity index (χ1n) is 18.6. The molecule has 3 nitrogen and oxygen atoms in total. The Morgan fingerprint density at radius 3 is 2.49 bits per heavy atom. The zero-order valence-corrected chi connectivity index (χ0v) is 29.6. The van der Waals surface area contributed by atoms with E-state index in [1.165, 1.54) is 51.4 Å². The van der Waals surface area contributed by atoms with E-state index in [1.54, 1.807) is 24.6 Å². The molecule has 0 amide bonds. The van der Waals surface area contributed by atoms with Crippen LogP contribution in [0.15, 0.2) is 35.9 Å². The molecule has 9 atom stereocenters. The number of aliphatic hydroxyl groups is 1. The first-order valence-corrected chi connectivity index (χ1v) is 18.6. The third kappa shape index (κ3) is 7.12. The SMILES string of the molecule is CCCCC#CC(C)(O)c1ccc(C(=O)O[C@H]2CC[C@@]3(C)C(=CC[C@H]4[C@@H]5CC[C@H]([C@H](C)CCCC(C)C)[C@@]5(C)CC[C@@H]43)C2)cc1. The number of benzene rings is 1. The van der Waals surface area contributed by atoms with Crippen molar-refractivity contribution in [2.75, 3.05) is 0 Å². The maximum atomic E-state index is 13.2. The molecule has 4 aliphatic carbocycles. The van der Waals surface area contributed by atoms with Crippen LogP contribution in [-0.2, 0) is 10.3 Å². The quantitative estimate of drug-likeness (QED) is 0.123. The van der Waals surface area contributed by atoms with Crippen molar-refractivity contribution in [2.24, 2.45) is 46.3 Å². The maximum Gasteiger partial charge on any atom is 0.338 e. The number of unbranched alkanes of at least 4 members (excludes halogenated alkanes) is 2. The van der Waals surface area contributed by atoms with Crippen molar-refractivity contribution in [3.05, 3.63) is 47.0 Å². The number of carbonyl (C=O) groups is 1. The van der Waals surface area contributed by atoms with Crippen LogP contribution in [0.25, 0.3) is 0 Å². The zero-order valence-electron chi connectivity index (χ0n) is 29.6. The molecule has 248 valence electrons. The van der Waals surface area contributed by atoms with Crippen LogP contribution in [0.2, 0.25) is 0 Å². The number of allylic oxidation sites excluding steroid dienone is 1. The van der Waals surface area contributed by atoms with Crippen LogP contribution in [0.1, 0.15) is 154 Å². The summed E-state index contributed by atoms with van der Waals surface area (Å²) >= 11 is 0. The molecule has 0 bridgehead atoms. The summed E-state index contributed by atoms with van der Waals surface area (Å²) in [4.78, 5) is 13.2. The fourth-order valence-corrected chi connectivity index (χ4v) is 10.5. The molecule has 0 aromatic heterocycles. The Bertz CT molecular complexity index is 1260. The van der Waals surface area contributed by atoms with Gasteiger partial charge in [0.1, 0.15) is 11.7 Å². The number of ether oxygens (including phenoxy) is 1. The van der Waals surface area contributed by atoms with Gasteiger partial charge in [0.05, 0.1) is 5.56 Å². The number of carbonyl (C=O) groups excluding carboxylic acids is 1. The van der Waals surface area contributed by atoms with Gasteiger partial charge in [-0.3, -0.25) is 0 Å². The minimum Gasteiger partial charge on any atom is -0.458 e. The Labute approximate surface area is 275 Å². The van der Waals surface area contributed by atoms with Gasteiger partial charge in [0.15, 0.2) is 0 Å². The number of esters is 1. The van der Waals surface area contributed by atoms with E-state index in [-0.39, 0.29) is 17.5 Å². The number of fused-ring (bicyclic) bond motifs is 5. The third-order valence-corrected chi connectivity index (χ3v) is 13.2. The van der Waals surface area contributed by atoms with Crippen LogP contribution < -0.4 is 0 Å². The largest absolute Gasteiger partial charge is 0.458 e. The Morgan fingerprint density at radius 2 is 1.78 bits per heavy atom. The number of hydrogen-bond donors (Lipinski definition) is 1. The normalized spacial score (nSPS) is 34.3. The van der Waals surface area contributed by atoms with Crippen LogP contribution in [0.5, 0.6) is 0 Å². The van der Waals surface area contributed by atoms with Gasteiger partial charge >= 0.3 is 5.97 Å². The van der Waals surface area contributed by atoms with Crippen LogP contribution in [0, 0.1) is 58.2 Å². The van der Waals surface area contributed by atoms with Gasteiger partial charge in [-0.2, -0.15) is 0 Å². The molecule has 0 spiro atoms. The van der Waals surface area contributed by atoms with Crippen molar-refractivity contribution in [1.29, 1.82) is 0 Å². The van der Waals surface area contributed by atoms with Crippen molar-refractivity contribution >= 4 is 5.97 Å². The molecule has 0 aliphatic heterocycles. The number of hydrogen-bond acceptors (Lipinski definition) is 3. The van der Waals surface area contributed by atoms with E-state index in [2.05, 4.69) is 59.5 Å². The molecule has 1 aromatic rings. The highest BCUT2D eigenvalue weighted by Gasteiger charge is 2.59. The molecule has 3 heteroatoms. The second kappa shape index (κ2) is 14.0. The summed E-state index contributed by atoms with van der Waals surface area (Å²) in [5, 5.41) is 10.8. The maximum absolute atomic E-state index is 13.2.